The van der Waals surface area contributed by atoms with Crippen LogP contribution in [0.3, 0.4) is 0 Å². The summed E-state index contributed by atoms with van der Waals surface area (Å²) in [6.45, 7) is 1.07. The van der Waals surface area contributed by atoms with Gasteiger partial charge in [-0.2, -0.15) is 0 Å². The lowest BCUT2D eigenvalue weighted by molar-refractivity contribution is 0.0533. The molecule has 2 unspecified atom stereocenters. The van der Waals surface area contributed by atoms with Crippen molar-refractivity contribution in [1.29, 1.82) is 0 Å². The van der Waals surface area contributed by atoms with Crippen LogP contribution in [-0.2, 0) is 4.74 Å². The second kappa shape index (κ2) is 12.9. The molecule has 0 rings (SSSR count). The molecule has 0 fully saturated rings. The summed E-state index contributed by atoms with van der Waals surface area (Å²) in [6, 6.07) is 0. The van der Waals surface area contributed by atoms with E-state index in [0.717, 1.165) is 25.7 Å². The predicted octanol–water partition coefficient (Wildman–Crippen LogP) is 2.54. The third kappa shape index (κ3) is 12.7. The van der Waals surface area contributed by atoms with E-state index in [4.69, 9.17) is 27.9 Å². The van der Waals surface area contributed by atoms with Crippen LogP contribution in [0, 0.1) is 0 Å². The average molecular weight is 287 g/mol. The van der Waals surface area contributed by atoms with Gasteiger partial charge >= 0.3 is 0 Å². The molecule has 0 aromatic carbocycles. The maximum absolute atomic E-state index is 9.50. The molecule has 5 heteroatoms. The van der Waals surface area contributed by atoms with Gasteiger partial charge in [0.25, 0.3) is 0 Å². The topological polar surface area (TPSA) is 49.7 Å². The molecule has 0 aliphatic rings. The molecule has 0 amide bonds. The molecular weight excluding hydrogens is 263 g/mol. The fourth-order valence-electron chi connectivity index (χ4n) is 1.46. The number of aliphatic hydroxyl groups excluding tert-OH is 2. The molecule has 0 aromatic heterocycles. The van der Waals surface area contributed by atoms with Crippen molar-refractivity contribution in [2.24, 2.45) is 0 Å². The molecular formula is C12H24Cl2O3. The fraction of sp³-hybridized carbons (Fsp3) is 1.00. The molecule has 0 aliphatic carbocycles. The van der Waals surface area contributed by atoms with Crippen LogP contribution in [0.4, 0.5) is 0 Å². The van der Waals surface area contributed by atoms with Crippen LogP contribution in [0.5, 0.6) is 0 Å². The van der Waals surface area contributed by atoms with E-state index >= 15 is 0 Å². The lowest BCUT2D eigenvalue weighted by Gasteiger charge is -2.12. The van der Waals surface area contributed by atoms with Crippen molar-refractivity contribution in [2.45, 2.75) is 50.7 Å². The maximum atomic E-state index is 9.50. The van der Waals surface area contributed by atoms with E-state index < -0.39 is 0 Å². The van der Waals surface area contributed by atoms with E-state index in [9.17, 15) is 10.2 Å². The van der Waals surface area contributed by atoms with Gasteiger partial charge in [0, 0.05) is 25.0 Å². The van der Waals surface area contributed by atoms with Crippen molar-refractivity contribution in [1.82, 2.24) is 0 Å². The van der Waals surface area contributed by atoms with Crippen LogP contribution in [-0.4, -0.2) is 47.4 Å². The van der Waals surface area contributed by atoms with Crippen molar-refractivity contribution in [3.05, 3.63) is 0 Å². The molecule has 0 bridgehead atoms. The monoisotopic (exact) mass is 286 g/mol. The van der Waals surface area contributed by atoms with Gasteiger partial charge in [0.15, 0.2) is 0 Å². The largest absolute Gasteiger partial charge is 0.393 e. The molecule has 2 atom stereocenters. The summed E-state index contributed by atoms with van der Waals surface area (Å²) in [4.78, 5) is 0. The Kier molecular flexibility index (Phi) is 13.3. The zero-order valence-corrected chi connectivity index (χ0v) is 11.8. The zero-order chi connectivity index (χ0) is 12.9. The molecule has 0 radical (unpaired) electrons. The molecule has 2 N–H and O–H groups in total. The Morgan fingerprint density at radius 1 is 0.765 bits per heavy atom. The number of hydrogen-bond acceptors (Lipinski definition) is 3. The van der Waals surface area contributed by atoms with Crippen molar-refractivity contribution < 1.29 is 14.9 Å². The summed E-state index contributed by atoms with van der Waals surface area (Å²) < 4.78 is 5.35. The highest BCUT2D eigenvalue weighted by Gasteiger charge is 2.05. The summed E-state index contributed by atoms with van der Waals surface area (Å²) in [5, 5.41) is 19.0. The Labute approximate surface area is 114 Å². The minimum Gasteiger partial charge on any atom is -0.393 e. The minimum absolute atomic E-state index is 0.324. The minimum atomic E-state index is -0.324. The zero-order valence-electron chi connectivity index (χ0n) is 10.3. The number of ether oxygens (including phenoxy) is 1. The smallest absolute Gasteiger partial charge is 0.0562 e. The highest BCUT2D eigenvalue weighted by molar-refractivity contribution is 6.18. The second-order valence-corrected chi connectivity index (χ2v) is 4.92. The molecule has 17 heavy (non-hydrogen) atoms. The summed E-state index contributed by atoms with van der Waals surface area (Å²) in [6.07, 6.45) is 3.74. The van der Waals surface area contributed by atoms with Gasteiger partial charge in [-0.1, -0.05) is 0 Å². The first-order chi connectivity index (χ1) is 8.20. The Balaban J connectivity index is 3.22. The van der Waals surface area contributed by atoms with E-state index in [-0.39, 0.29) is 12.2 Å². The molecule has 3 nitrogen and oxygen atoms in total. The van der Waals surface area contributed by atoms with Crippen LogP contribution in [0.15, 0.2) is 0 Å². The first-order valence-corrected chi connectivity index (χ1v) is 7.33. The molecule has 0 heterocycles. The van der Waals surface area contributed by atoms with Gasteiger partial charge in [-0.05, 0) is 38.5 Å². The van der Waals surface area contributed by atoms with Crippen molar-refractivity contribution in [3.63, 3.8) is 0 Å². The van der Waals surface area contributed by atoms with E-state index in [1.807, 2.05) is 0 Å². The normalized spacial score (nSPS) is 14.8. The number of alkyl halides is 2. The Morgan fingerprint density at radius 3 is 1.53 bits per heavy atom. The van der Waals surface area contributed by atoms with Gasteiger partial charge < -0.3 is 14.9 Å². The van der Waals surface area contributed by atoms with E-state index in [1.54, 1.807) is 0 Å². The van der Waals surface area contributed by atoms with Crippen LogP contribution in [0.25, 0.3) is 0 Å². The van der Waals surface area contributed by atoms with E-state index in [1.165, 1.54) is 0 Å². The highest BCUT2D eigenvalue weighted by atomic mass is 35.5. The number of rotatable bonds is 12. The van der Waals surface area contributed by atoms with E-state index in [2.05, 4.69) is 0 Å². The van der Waals surface area contributed by atoms with Crippen LogP contribution < -0.4 is 0 Å². The summed E-state index contributed by atoms with van der Waals surface area (Å²) in [5.41, 5.74) is 0. The summed E-state index contributed by atoms with van der Waals surface area (Å²) >= 11 is 11.1. The average Bonchev–Trinajstić information content (AvgIpc) is 2.33. The van der Waals surface area contributed by atoms with Crippen LogP contribution in [0.1, 0.15) is 38.5 Å². The standard InChI is InChI=1S/C12H24Cl2O3/c13-7-1-3-11(15)5-9-17-10-6-12(16)4-2-8-14/h11-12,15-16H,1-10H2. The van der Waals surface area contributed by atoms with Gasteiger partial charge in [0.05, 0.1) is 12.2 Å². The summed E-state index contributed by atoms with van der Waals surface area (Å²) in [7, 11) is 0. The highest BCUT2D eigenvalue weighted by Crippen LogP contribution is 2.05. The molecule has 0 saturated heterocycles. The molecule has 104 valence electrons. The van der Waals surface area contributed by atoms with Gasteiger partial charge in [-0.15, -0.1) is 23.2 Å². The molecule has 0 aromatic rings. The van der Waals surface area contributed by atoms with Crippen LogP contribution >= 0.6 is 23.2 Å². The number of hydrogen-bond donors (Lipinski definition) is 2. The first kappa shape index (κ1) is 17.5. The number of halogens is 2. The van der Waals surface area contributed by atoms with Crippen molar-refractivity contribution in [3.8, 4) is 0 Å². The van der Waals surface area contributed by atoms with Gasteiger partial charge in [0.1, 0.15) is 0 Å². The fourth-order valence-corrected chi connectivity index (χ4v) is 1.76. The predicted molar refractivity (Wildman–Crippen MR) is 72.0 cm³/mol. The molecule has 0 aliphatic heterocycles. The van der Waals surface area contributed by atoms with Gasteiger partial charge in [0.2, 0.25) is 0 Å². The third-order valence-electron chi connectivity index (χ3n) is 2.53. The number of aliphatic hydroxyl groups is 2. The SMILES string of the molecule is OC(CCCCl)CCOCCC(O)CCCCl. The van der Waals surface area contributed by atoms with Crippen molar-refractivity contribution in [2.75, 3.05) is 25.0 Å². The lowest BCUT2D eigenvalue weighted by atomic mass is 10.1. The Hall–Kier alpha value is 0.460. The maximum Gasteiger partial charge on any atom is 0.0562 e. The van der Waals surface area contributed by atoms with E-state index in [0.29, 0.717) is 37.8 Å². The van der Waals surface area contributed by atoms with Crippen LogP contribution in [0.2, 0.25) is 0 Å². The van der Waals surface area contributed by atoms with Gasteiger partial charge in [-0.25, -0.2) is 0 Å². The second-order valence-electron chi connectivity index (χ2n) is 4.16. The molecule has 0 spiro atoms. The molecule has 0 saturated carbocycles. The Bertz CT molecular complexity index is 143. The first-order valence-electron chi connectivity index (χ1n) is 6.26. The third-order valence-corrected chi connectivity index (χ3v) is 3.07. The summed E-state index contributed by atoms with van der Waals surface area (Å²) in [5.74, 6) is 1.18. The lowest BCUT2D eigenvalue weighted by Crippen LogP contribution is -2.14. The quantitative estimate of drug-likeness (QED) is 0.428. The Morgan fingerprint density at radius 2 is 1.18 bits per heavy atom. The van der Waals surface area contributed by atoms with Gasteiger partial charge in [-0.3, -0.25) is 0 Å². The van der Waals surface area contributed by atoms with Crippen molar-refractivity contribution >= 4 is 23.2 Å².